The van der Waals surface area contributed by atoms with Gasteiger partial charge >= 0.3 is 5.97 Å². The van der Waals surface area contributed by atoms with Gasteiger partial charge in [-0.3, -0.25) is 14.5 Å². The molecule has 0 radical (unpaired) electrons. The van der Waals surface area contributed by atoms with Crippen molar-refractivity contribution < 1.29 is 14.3 Å². The highest BCUT2D eigenvalue weighted by Crippen LogP contribution is 2.42. The van der Waals surface area contributed by atoms with Crippen LogP contribution < -0.4 is 9.80 Å². The molecule has 35 heavy (non-hydrogen) atoms. The maximum atomic E-state index is 14.0. The molecule has 0 saturated heterocycles. The van der Waals surface area contributed by atoms with Gasteiger partial charge in [-0.25, -0.2) is 4.98 Å². The fourth-order valence-corrected chi connectivity index (χ4v) is 4.73. The number of fused-ring (bicyclic) bond motifs is 3. The van der Waals surface area contributed by atoms with Gasteiger partial charge in [0.2, 0.25) is 11.9 Å². The van der Waals surface area contributed by atoms with E-state index in [1.54, 1.807) is 11.8 Å². The number of ether oxygens (including phenoxy) is 1. The number of hydrogen-bond donors (Lipinski definition) is 0. The van der Waals surface area contributed by atoms with Gasteiger partial charge in [-0.1, -0.05) is 54.6 Å². The molecule has 1 amide bonds. The molecule has 7 heteroatoms. The second-order valence-corrected chi connectivity index (χ2v) is 8.84. The number of hydrogen-bond acceptors (Lipinski definition) is 5. The smallest absolute Gasteiger partial charge is 0.321 e. The molecule has 2 atom stereocenters. The average molecular weight is 469 g/mol. The van der Waals surface area contributed by atoms with E-state index >= 15 is 0 Å². The number of amides is 1. The van der Waals surface area contributed by atoms with Crippen molar-refractivity contribution in [3.05, 3.63) is 90.0 Å². The summed E-state index contributed by atoms with van der Waals surface area (Å²) >= 11 is 0. The maximum Gasteiger partial charge on any atom is 0.321 e. The third-order valence-electron chi connectivity index (χ3n) is 6.42. The van der Waals surface area contributed by atoms with Crippen molar-refractivity contribution in [1.82, 2.24) is 9.55 Å². The van der Waals surface area contributed by atoms with Crippen molar-refractivity contribution in [1.29, 1.82) is 0 Å². The third-order valence-corrected chi connectivity index (χ3v) is 6.42. The Hall–Kier alpha value is -4.13. The average Bonchev–Trinajstić information content (AvgIpc) is 3.25. The number of para-hydroxylation sites is 2. The Labute approximate surface area is 204 Å². The summed E-state index contributed by atoms with van der Waals surface area (Å²) < 4.78 is 7.46. The minimum Gasteiger partial charge on any atom is -0.465 e. The van der Waals surface area contributed by atoms with Gasteiger partial charge < -0.3 is 14.2 Å². The molecule has 2 heterocycles. The fourth-order valence-electron chi connectivity index (χ4n) is 4.73. The van der Waals surface area contributed by atoms with Crippen molar-refractivity contribution in [2.75, 3.05) is 30.5 Å². The van der Waals surface area contributed by atoms with Crippen LogP contribution in [0.25, 0.3) is 11.0 Å². The number of imidazole rings is 1. The first-order chi connectivity index (χ1) is 17.0. The van der Waals surface area contributed by atoms with Gasteiger partial charge in [0.1, 0.15) is 0 Å². The molecule has 1 aromatic heterocycles. The standard InChI is InChI=1S/C28H28N4O3/c1-4-35-27(34)24-25(20-14-16-21(17-15-20)30(2)3)32-23-13-9-8-12-22(23)29-28(32)31(26(24)33)18-19-10-6-5-7-11-19/h5-17,24-25H,4,18H2,1-3H3/t24-,25+/m0/s1. The Bertz CT molecular complexity index is 1360. The van der Waals surface area contributed by atoms with Crippen LogP contribution in [0, 0.1) is 5.92 Å². The maximum absolute atomic E-state index is 14.0. The van der Waals surface area contributed by atoms with Crippen LogP contribution in [0.15, 0.2) is 78.9 Å². The molecule has 0 bridgehead atoms. The zero-order valence-corrected chi connectivity index (χ0v) is 20.1. The molecule has 7 nitrogen and oxygen atoms in total. The number of carbonyl (C=O) groups is 2. The summed E-state index contributed by atoms with van der Waals surface area (Å²) in [5, 5.41) is 0. The molecule has 1 aliphatic heterocycles. The molecular weight excluding hydrogens is 440 g/mol. The van der Waals surface area contributed by atoms with Crippen molar-refractivity contribution >= 4 is 34.5 Å². The minimum absolute atomic E-state index is 0.200. The first-order valence-corrected chi connectivity index (χ1v) is 11.8. The highest BCUT2D eigenvalue weighted by atomic mass is 16.5. The first-order valence-electron chi connectivity index (χ1n) is 11.8. The summed E-state index contributed by atoms with van der Waals surface area (Å²) in [5.41, 5.74) is 4.48. The number of anilines is 2. The van der Waals surface area contributed by atoms with Crippen molar-refractivity contribution in [3.63, 3.8) is 0 Å². The highest BCUT2D eigenvalue weighted by molar-refractivity contribution is 6.08. The quantitative estimate of drug-likeness (QED) is 0.310. The van der Waals surface area contributed by atoms with Crippen LogP contribution in [0.2, 0.25) is 0 Å². The summed E-state index contributed by atoms with van der Waals surface area (Å²) in [7, 11) is 3.95. The van der Waals surface area contributed by atoms with Crippen LogP contribution in [0.4, 0.5) is 11.6 Å². The van der Waals surface area contributed by atoms with Gasteiger partial charge in [-0.15, -0.1) is 0 Å². The lowest BCUT2D eigenvalue weighted by atomic mass is 9.89. The van der Waals surface area contributed by atoms with E-state index in [1.807, 2.05) is 102 Å². The summed E-state index contributed by atoms with van der Waals surface area (Å²) in [4.78, 5) is 35.8. The molecule has 4 aromatic rings. The number of nitrogens with zero attached hydrogens (tertiary/aromatic N) is 4. The van der Waals surface area contributed by atoms with Crippen LogP contribution in [-0.4, -0.2) is 42.1 Å². The number of rotatable bonds is 6. The molecule has 3 aromatic carbocycles. The molecule has 0 aliphatic carbocycles. The highest BCUT2D eigenvalue weighted by Gasteiger charge is 2.47. The molecule has 5 rings (SSSR count). The largest absolute Gasteiger partial charge is 0.465 e. The van der Waals surface area contributed by atoms with Crippen LogP contribution in [0.5, 0.6) is 0 Å². The van der Waals surface area contributed by atoms with E-state index < -0.39 is 17.9 Å². The number of aromatic nitrogens is 2. The topological polar surface area (TPSA) is 67.7 Å². The lowest BCUT2D eigenvalue weighted by Gasteiger charge is -2.38. The van der Waals surface area contributed by atoms with E-state index in [0.717, 1.165) is 27.8 Å². The Balaban J connectivity index is 1.72. The van der Waals surface area contributed by atoms with Crippen LogP contribution in [0.3, 0.4) is 0 Å². The molecule has 0 unspecified atom stereocenters. The molecule has 0 spiro atoms. The predicted molar refractivity (Wildman–Crippen MR) is 136 cm³/mol. The summed E-state index contributed by atoms with van der Waals surface area (Å²) in [6.45, 7) is 2.27. The number of esters is 1. The van der Waals surface area contributed by atoms with Gasteiger partial charge in [0.15, 0.2) is 5.92 Å². The zero-order chi connectivity index (χ0) is 24.5. The zero-order valence-electron chi connectivity index (χ0n) is 20.1. The van der Waals surface area contributed by atoms with Crippen molar-refractivity contribution in [2.45, 2.75) is 19.5 Å². The van der Waals surface area contributed by atoms with Crippen molar-refractivity contribution in [3.8, 4) is 0 Å². The normalized spacial score (nSPS) is 17.3. The Morgan fingerprint density at radius 1 is 0.971 bits per heavy atom. The lowest BCUT2D eigenvalue weighted by molar-refractivity contribution is -0.153. The Morgan fingerprint density at radius 3 is 2.34 bits per heavy atom. The molecular formula is C28H28N4O3. The molecule has 0 fully saturated rings. The molecule has 0 N–H and O–H groups in total. The molecule has 1 aliphatic rings. The van der Waals surface area contributed by atoms with E-state index in [4.69, 9.17) is 9.72 Å². The number of benzene rings is 3. The summed E-state index contributed by atoms with van der Waals surface area (Å²) in [5.74, 6) is -1.34. The van der Waals surface area contributed by atoms with Gasteiger partial charge in [0.05, 0.1) is 30.2 Å². The lowest BCUT2D eigenvalue weighted by Crippen LogP contribution is -2.49. The third kappa shape index (κ3) is 4.03. The summed E-state index contributed by atoms with van der Waals surface area (Å²) in [6.07, 6.45) is 0. The van der Waals surface area contributed by atoms with Crippen molar-refractivity contribution in [2.24, 2.45) is 5.92 Å². The van der Waals surface area contributed by atoms with E-state index in [9.17, 15) is 9.59 Å². The number of carbonyl (C=O) groups excluding carboxylic acids is 2. The monoisotopic (exact) mass is 468 g/mol. The van der Waals surface area contributed by atoms with Crippen LogP contribution in [0.1, 0.15) is 24.1 Å². The van der Waals surface area contributed by atoms with Crippen LogP contribution in [-0.2, 0) is 20.9 Å². The molecule has 0 saturated carbocycles. The SMILES string of the molecule is CCOC(=O)[C@@H]1C(=O)N(Cc2ccccc2)c2nc3ccccc3n2[C@@H]1c1ccc(N(C)C)cc1. The van der Waals surface area contributed by atoms with Crippen LogP contribution >= 0.6 is 0 Å². The summed E-state index contributed by atoms with van der Waals surface area (Å²) in [6, 6.07) is 24.9. The Morgan fingerprint density at radius 2 is 1.66 bits per heavy atom. The fraction of sp³-hybridized carbons (Fsp3) is 0.250. The first kappa shape index (κ1) is 22.7. The van der Waals surface area contributed by atoms with E-state index in [1.165, 1.54) is 0 Å². The predicted octanol–water partition coefficient (Wildman–Crippen LogP) is 4.42. The van der Waals surface area contributed by atoms with E-state index in [0.29, 0.717) is 12.5 Å². The second-order valence-electron chi connectivity index (χ2n) is 8.84. The van der Waals surface area contributed by atoms with E-state index in [-0.39, 0.29) is 12.5 Å². The molecule has 178 valence electrons. The Kier molecular flexibility index (Phi) is 5.99. The van der Waals surface area contributed by atoms with Gasteiger partial charge in [-0.05, 0) is 42.3 Å². The van der Waals surface area contributed by atoms with Gasteiger partial charge in [-0.2, -0.15) is 0 Å². The minimum atomic E-state index is -1.03. The van der Waals surface area contributed by atoms with Gasteiger partial charge in [0, 0.05) is 19.8 Å². The van der Waals surface area contributed by atoms with Gasteiger partial charge in [0.25, 0.3) is 0 Å². The van der Waals surface area contributed by atoms with E-state index in [2.05, 4.69) is 0 Å². The second kappa shape index (κ2) is 9.25.